The molecule has 21 heavy (non-hydrogen) atoms. The molecule has 2 rings (SSSR count). The summed E-state index contributed by atoms with van der Waals surface area (Å²) in [6.45, 7) is 9.97. The van der Waals surface area contributed by atoms with Crippen molar-refractivity contribution < 1.29 is 4.57 Å². The van der Waals surface area contributed by atoms with Gasteiger partial charge in [0, 0.05) is 15.9 Å². The molecule has 0 spiro atoms. The van der Waals surface area contributed by atoms with Crippen LogP contribution < -0.4 is 10.6 Å². The van der Waals surface area contributed by atoms with E-state index in [1.54, 1.807) is 0 Å². The SMILES string of the molecule is C=C=C(C(C)(C)C)P(=O)(c1ccccc1)c1ccccc1. The number of rotatable bonds is 3. The maximum absolute atomic E-state index is 14.1. The van der Waals surface area contributed by atoms with Gasteiger partial charge in [-0.25, -0.2) is 0 Å². The van der Waals surface area contributed by atoms with Crippen molar-refractivity contribution in [3.63, 3.8) is 0 Å². The second kappa shape index (κ2) is 5.90. The first-order chi connectivity index (χ1) is 9.90. The molecule has 0 aliphatic heterocycles. The Balaban J connectivity index is 2.79. The van der Waals surface area contributed by atoms with Crippen molar-refractivity contribution in [2.75, 3.05) is 0 Å². The van der Waals surface area contributed by atoms with Crippen molar-refractivity contribution >= 4 is 17.8 Å². The predicted molar refractivity (Wildman–Crippen MR) is 91.9 cm³/mol. The van der Waals surface area contributed by atoms with Crippen LogP contribution in [0, 0.1) is 5.41 Å². The van der Waals surface area contributed by atoms with Gasteiger partial charge in [0.05, 0.1) is 0 Å². The van der Waals surface area contributed by atoms with Crippen LogP contribution in [0.1, 0.15) is 20.8 Å². The van der Waals surface area contributed by atoms with Gasteiger partial charge in [-0.1, -0.05) is 88.0 Å². The lowest BCUT2D eigenvalue weighted by Gasteiger charge is -2.29. The first-order valence-electron chi connectivity index (χ1n) is 7.03. The zero-order valence-electron chi connectivity index (χ0n) is 12.8. The molecule has 0 aliphatic carbocycles. The molecule has 0 amide bonds. The molecule has 2 aromatic carbocycles. The van der Waals surface area contributed by atoms with Gasteiger partial charge in [-0.05, 0) is 5.41 Å². The van der Waals surface area contributed by atoms with Gasteiger partial charge in [0.15, 0.2) is 7.14 Å². The Morgan fingerprint density at radius 1 is 0.905 bits per heavy atom. The van der Waals surface area contributed by atoms with E-state index >= 15 is 0 Å². The van der Waals surface area contributed by atoms with Gasteiger partial charge >= 0.3 is 0 Å². The molecule has 0 unspecified atom stereocenters. The van der Waals surface area contributed by atoms with Gasteiger partial charge in [0.1, 0.15) is 0 Å². The summed E-state index contributed by atoms with van der Waals surface area (Å²) in [5, 5.41) is 2.43. The highest BCUT2D eigenvalue weighted by molar-refractivity contribution is 7.82. The fraction of sp³-hybridized carbons (Fsp3) is 0.211. The Bertz CT molecular complexity index is 659. The summed E-state index contributed by atoms with van der Waals surface area (Å²) in [5.41, 5.74) is 2.72. The summed E-state index contributed by atoms with van der Waals surface area (Å²) in [7, 11) is -2.91. The van der Waals surface area contributed by atoms with E-state index in [1.165, 1.54) is 0 Å². The normalized spacial score (nSPS) is 11.8. The first kappa shape index (κ1) is 15.6. The van der Waals surface area contributed by atoms with Crippen LogP contribution in [0.25, 0.3) is 0 Å². The van der Waals surface area contributed by atoms with E-state index in [0.29, 0.717) is 0 Å². The zero-order valence-corrected chi connectivity index (χ0v) is 13.7. The second-order valence-electron chi connectivity index (χ2n) is 6.06. The van der Waals surface area contributed by atoms with E-state index in [4.69, 9.17) is 0 Å². The van der Waals surface area contributed by atoms with Crippen LogP contribution in [-0.4, -0.2) is 0 Å². The third-order valence-electron chi connectivity index (χ3n) is 3.43. The van der Waals surface area contributed by atoms with Gasteiger partial charge < -0.3 is 4.57 Å². The van der Waals surface area contributed by atoms with Crippen molar-refractivity contribution in [3.8, 4) is 0 Å². The standard InChI is InChI=1S/C19H21OP/c1-5-18(19(2,3)4)21(20,16-12-8-6-9-13-16)17-14-10-7-11-15-17/h6-15H,1H2,2-4H3. The van der Waals surface area contributed by atoms with Crippen molar-refractivity contribution in [2.45, 2.75) is 20.8 Å². The average molecular weight is 296 g/mol. The highest BCUT2D eigenvalue weighted by Gasteiger charge is 2.37. The smallest absolute Gasteiger partial charge is 0.175 e. The highest BCUT2D eigenvalue weighted by Crippen LogP contribution is 2.57. The maximum atomic E-state index is 14.1. The van der Waals surface area contributed by atoms with Gasteiger partial charge in [0.25, 0.3) is 0 Å². The molecule has 0 aliphatic rings. The summed E-state index contributed by atoms with van der Waals surface area (Å²) in [4.78, 5) is 0. The molecule has 0 N–H and O–H groups in total. The molecule has 0 atom stereocenters. The van der Waals surface area contributed by atoms with Crippen LogP contribution in [0.4, 0.5) is 0 Å². The van der Waals surface area contributed by atoms with E-state index in [1.807, 2.05) is 60.7 Å². The maximum Gasteiger partial charge on any atom is 0.175 e. The molecule has 0 aromatic heterocycles. The summed E-state index contributed by atoms with van der Waals surface area (Å²) in [6, 6.07) is 19.3. The largest absolute Gasteiger partial charge is 0.308 e. The lowest BCUT2D eigenvalue weighted by molar-refractivity contribution is 0.518. The molecule has 0 fully saturated rings. The van der Waals surface area contributed by atoms with Crippen LogP contribution in [0.3, 0.4) is 0 Å². The Labute approximate surface area is 127 Å². The minimum atomic E-state index is -2.91. The monoisotopic (exact) mass is 296 g/mol. The lowest BCUT2D eigenvalue weighted by atomic mass is 9.97. The third kappa shape index (κ3) is 2.95. The highest BCUT2D eigenvalue weighted by atomic mass is 31.2. The van der Waals surface area contributed by atoms with E-state index in [-0.39, 0.29) is 5.41 Å². The summed E-state index contributed by atoms with van der Waals surface area (Å²) in [6.07, 6.45) is 0. The lowest BCUT2D eigenvalue weighted by Crippen LogP contribution is -2.23. The second-order valence-corrected chi connectivity index (χ2v) is 8.75. The van der Waals surface area contributed by atoms with Gasteiger partial charge in [-0.15, -0.1) is 5.73 Å². The van der Waals surface area contributed by atoms with Crippen LogP contribution >= 0.6 is 7.14 Å². The molecule has 0 saturated carbocycles. The number of hydrogen-bond acceptors (Lipinski definition) is 1. The van der Waals surface area contributed by atoms with Crippen LogP contribution in [-0.2, 0) is 4.57 Å². The molecule has 0 radical (unpaired) electrons. The summed E-state index contributed by atoms with van der Waals surface area (Å²) in [5.74, 6) is 0. The van der Waals surface area contributed by atoms with Crippen molar-refractivity contribution in [1.82, 2.24) is 0 Å². The molecular weight excluding hydrogens is 275 g/mol. The van der Waals surface area contributed by atoms with Crippen molar-refractivity contribution in [3.05, 3.63) is 78.3 Å². The predicted octanol–water partition coefficient (Wildman–Crippen LogP) is 4.72. The molecule has 108 valence electrons. The third-order valence-corrected chi connectivity index (χ3v) is 6.94. The summed E-state index contributed by atoms with van der Waals surface area (Å²) >= 11 is 0. The Morgan fingerprint density at radius 2 is 1.29 bits per heavy atom. The molecule has 0 saturated heterocycles. The zero-order chi connectivity index (χ0) is 15.5. The van der Waals surface area contributed by atoms with Crippen molar-refractivity contribution in [2.24, 2.45) is 5.41 Å². The number of allylic oxidation sites excluding steroid dienone is 1. The number of benzene rings is 2. The minimum absolute atomic E-state index is 0.261. The van der Waals surface area contributed by atoms with E-state index in [9.17, 15) is 4.57 Å². The van der Waals surface area contributed by atoms with E-state index in [0.717, 1.165) is 15.9 Å². The average Bonchev–Trinajstić information content (AvgIpc) is 2.48. The minimum Gasteiger partial charge on any atom is -0.308 e. The molecule has 0 heterocycles. The fourth-order valence-corrected chi connectivity index (χ4v) is 5.70. The van der Waals surface area contributed by atoms with Crippen LogP contribution in [0.15, 0.2) is 78.3 Å². The van der Waals surface area contributed by atoms with Gasteiger partial charge in [0.2, 0.25) is 0 Å². The molecule has 0 bridgehead atoms. The Morgan fingerprint density at radius 3 is 1.57 bits per heavy atom. The Kier molecular flexibility index (Phi) is 4.37. The first-order valence-corrected chi connectivity index (χ1v) is 8.74. The molecular formula is C19H21OP. The fourth-order valence-electron chi connectivity index (χ4n) is 2.53. The van der Waals surface area contributed by atoms with Crippen LogP contribution in [0.5, 0.6) is 0 Å². The van der Waals surface area contributed by atoms with E-state index < -0.39 is 7.14 Å². The molecule has 1 nitrogen and oxygen atoms in total. The van der Waals surface area contributed by atoms with Crippen LogP contribution in [0.2, 0.25) is 0 Å². The van der Waals surface area contributed by atoms with Crippen molar-refractivity contribution in [1.29, 1.82) is 0 Å². The van der Waals surface area contributed by atoms with Gasteiger partial charge in [-0.3, -0.25) is 0 Å². The summed E-state index contributed by atoms with van der Waals surface area (Å²) < 4.78 is 14.1. The number of hydrogen-bond donors (Lipinski definition) is 0. The molecule has 2 heteroatoms. The quantitative estimate of drug-likeness (QED) is 0.592. The van der Waals surface area contributed by atoms with E-state index in [2.05, 4.69) is 33.1 Å². The molecule has 2 aromatic rings. The van der Waals surface area contributed by atoms with Gasteiger partial charge in [-0.2, -0.15) is 0 Å². The Hall–Kier alpha value is -1.81. The topological polar surface area (TPSA) is 17.1 Å².